The molecule has 0 aromatic carbocycles. The lowest BCUT2D eigenvalue weighted by Gasteiger charge is -2.46. The topological polar surface area (TPSA) is 24.5 Å². The Bertz CT molecular complexity index is 330. The van der Waals surface area contributed by atoms with Gasteiger partial charge in [0.25, 0.3) is 0 Å². The molecule has 0 spiro atoms. The van der Waals surface area contributed by atoms with Gasteiger partial charge in [-0.15, -0.1) is 0 Å². The number of nitrogens with one attached hydrogen (secondary N) is 1. The third kappa shape index (κ3) is 3.46. The molecule has 0 amide bonds. The van der Waals surface area contributed by atoms with Crippen molar-refractivity contribution in [2.75, 3.05) is 26.2 Å². The maximum atomic E-state index is 5.94. The summed E-state index contributed by atoms with van der Waals surface area (Å²) in [7, 11) is 0. The Morgan fingerprint density at radius 2 is 1.76 bits per heavy atom. The first-order valence-electron chi connectivity index (χ1n) is 9.49. The van der Waals surface area contributed by atoms with Crippen molar-refractivity contribution in [2.45, 2.75) is 76.0 Å². The van der Waals surface area contributed by atoms with Crippen molar-refractivity contribution in [3.8, 4) is 0 Å². The molecule has 2 saturated carbocycles. The molecule has 4 fully saturated rings. The first-order chi connectivity index (χ1) is 10.4. The Labute approximate surface area is 129 Å². The Kier molecular flexibility index (Phi) is 4.52. The van der Waals surface area contributed by atoms with Crippen LogP contribution in [0.2, 0.25) is 0 Å². The molecule has 0 aromatic rings. The second-order valence-electron chi connectivity index (χ2n) is 7.91. The molecule has 3 heteroatoms. The highest BCUT2D eigenvalue weighted by atomic mass is 16.5. The van der Waals surface area contributed by atoms with Crippen LogP contribution in [-0.4, -0.2) is 49.3 Å². The fourth-order valence-electron chi connectivity index (χ4n) is 4.91. The quantitative estimate of drug-likeness (QED) is 0.862. The molecule has 0 bridgehead atoms. The largest absolute Gasteiger partial charge is 0.377 e. The number of rotatable bonds is 4. The Hall–Kier alpha value is -0.120. The van der Waals surface area contributed by atoms with E-state index in [0.717, 1.165) is 30.5 Å². The average Bonchev–Trinajstić information content (AvgIpc) is 3.26. The molecule has 3 atom stereocenters. The minimum absolute atomic E-state index is 0.522. The smallest absolute Gasteiger partial charge is 0.0702 e. The lowest BCUT2D eigenvalue weighted by Crippen LogP contribution is -2.61. The van der Waals surface area contributed by atoms with E-state index in [1.54, 1.807) is 0 Å². The van der Waals surface area contributed by atoms with Crippen molar-refractivity contribution in [1.82, 2.24) is 10.2 Å². The van der Waals surface area contributed by atoms with Crippen LogP contribution in [-0.2, 0) is 4.74 Å². The first kappa shape index (κ1) is 14.5. The summed E-state index contributed by atoms with van der Waals surface area (Å²) in [6.45, 7) is 4.72. The van der Waals surface area contributed by atoms with Crippen LogP contribution in [0.25, 0.3) is 0 Å². The van der Waals surface area contributed by atoms with Gasteiger partial charge in [-0.2, -0.15) is 0 Å². The molecule has 4 rings (SSSR count). The molecule has 0 aromatic heterocycles. The van der Waals surface area contributed by atoms with Gasteiger partial charge in [0.1, 0.15) is 0 Å². The predicted octanol–water partition coefficient (Wildman–Crippen LogP) is 2.80. The van der Waals surface area contributed by atoms with Crippen LogP contribution in [0.15, 0.2) is 0 Å². The fourth-order valence-corrected chi connectivity index (χ4v) is 4.91. The molecule has 3 nitrogen and oxygen atoms in total. The van der Waals surface area contributed by atoms with Crippen LogP contribution in [0.1, 0.15) is 57.8 Å². The van der Waals surface area contributed by atoms with E-state index in [9.17, 15) is 0 Å². The van der Waals surface area contributed by atoms with E-state index in [-0.39, 0.29) is 0 Å². The van der Waals surface area contributed by atoms with Crippen LogP contribution in [0.4, 0.5) is 0 Å². The molecular weight excluding hydrogens is 260 g/mol. The van der Waals surface area contributed by atoms with Crippen molar-refractivity contribution < 1.29 is 4.74 Å². The van der Waals surface area contributed by atoms with Gasteiger partial charge in [0.05, 0.1) is 6.10 Å². The molecule has 3 unspecified atom stereocenters. The summed E-state index contributed by atoms with van der Waals surface area (Å²) in [4.78, 5) is 2.84. The number of nitrogens with zero attached hydrogens (tertiary/aromatic N) is 1. The highest BCUT2D eigenvalue weighted by Gasteiger charge is 2.40. The Balaban J connectivity index is 1.41. The number of piperazine rings is 1. The molecule has 2 aliphatic heterocycles. The minimum Gasteiger partial charge on any atom is -0.377 e. The van der Waals surface area contributed by atoms with Crippen molar-refractivity contribution >= 4 is 0 Å². The Morgan fingerprint density at radius 1 is 0.905 bits per heavy atom. The van der Waals surface area contributed by atoms with Crippen molar-refractivity contribution in [2.24, 2.45) is 11.8 Å². The molecule has 120 valence electrons. The van der Waals surface area contributed by atoms with Crippen LogP contribution in [0, 0.1) is 11.8 Å². The lowest BCUT2D eigenvalue weighted by molar-refractivity contribution is 0.0135. The molecule has 1 N–H and O–H groups in total. The molecule has 2 aliphatic carbocycles. The lowest BCUT2D eigenvalue weighted by atomic mass is 9.82. The zero-order chi connectivity index (χ0) is 14.1. The maximum Gasteiger partial charge on any atom is 0.0702 e. The van der Waals surface area contributed by atoms with E-state index in [1.165, 1.54) is 77.4 Å². The van der Waals surface area contributed by atoms with Crippen LogP contribution >= 0.6 is 0 Å². The normalized spacial score (nSPS) is 39.7. The predicted molar refractivity (Wildman–Crippen MR) is 85.4 cm³/mol. The summed E-state index contributed by atoms with van der Waals surface area (Å²) in [5, 5.41) is 3.90. The summed E-state index contributed by atoms with van der Waals surface area (Å²) < 4.78 is 5.94. The summed E-state index contributed by atoms with van der Waals surface area (Å²) in [5.41, 5.74) is 0. The van der Waals surface area contributed by atoms with Crippen molar-refractivity contribution in [1.29, 1.82) is 0 Å². The van der Waals surface area contributed by atoms with Crippen molar-refractivity contribution in [3.05, 3.63) is 0 Å². The van der Waals surface area contributed by atoms with Crippen molar-refractivity contribution in [3.63, 3.8) is 0 Å². The van der Waals surface area contributed by atoms with Gasteiger partial charge in [0.2, 0.25) is 0 Å². The molecule has 4 aliphatic rings. The van der Waals surface area contributed by atoms with Gasteiger partial charge in [-0.25, -0.2) is 0 Å². The summed E-state index contributed by atoms with van der Waals surface area (Å²) >= 11 is 0. The SMILES string of the molecule is C1CCC(C2CNC(C3CC3)CN2CC2CCCO2)CC1. The first-order valence-corrected chi connectivity index (χ1v) is 9.49. The molecule has 2 saturated heterocycles. The summed E-state index contributed by atoms with van der Waals surface area (Å²) in [6, 6.07) is 1.55. The highest BCUT2D eigenvalue weighted by Crippen LogP contribution is 2.37. The second kappa shape index (κ2) is 6.55. The standard InChI is InChI=1S/C18H32N2O/c1-2-5-15(6-3-1)18-11-19-17(14-8-9-14)13-20(18)12-16-7-4-10-21-16/h14-19H,1-13H2. The van der Waals surface area contributed by atoms with Gasteiger partial charge in [-0.3, -0.25) is 4.90 Å². The van der Waals surface area contributed by atoms with Crippen LogP contribution in [0.5, 0.6) is 0 Å². The Morgan fingerprint density at radius 3 is 2.48 bits per heavy atom. The monoisotopic (exact) mass is 292 g/mol. The van der Waals surface area contributed by atoms with E-state index in [4.69, 9.17) is 4.74 Å². The van der Waals surface area contributed by atoms with E-state index >= 15 is 0 Å². The van der Waals surface area contributed by atoms with Gasteiger partial charge in [0.15, 0.2) is 0 Å². The number of hydrogen-bond acceptors (Lipinski definition) is 3. The highest BCUT2D eigenvalue weighted by molar-refractivity contribution is 4.97. The zero-order valence-electron chi connectivity index (χ0n) is 13.4. The number of ether oxygens (including phenoxy) is 1. The summed E-state index contributed by atoms with van der Waals surface area (Å²) in [5.74, 6) is 1.91. The van der Waals surface area contributed by atoms with E-state index in [1.807, 2.05) is 0 Å². The minimum atomic E-state index is 0.522. The van der Waals surface area contributed by atoms with Crippen LogP contribution in [0.3, 0.4) is 0 Å². The maximum absolute atomic E-state index is 5.94. The van der Waals surface area contributed by atoms with Gasteiger partial charge in [-0.1, -0.05) is 19.3 Å². The van der Waals surface area contributed by atoms with Gasteiger partial charge in [-0.05, 0) is 50.4 Å². The average molecular weight is 292 g/mol. The second-order valence-corrected chi connectivity index (χ2v) is 7.91. The molecule has 2 heterocycles. The van der Waals surface area contributed by atoms with E-state index < -0.39 is 0 Å². The molecule has 0 radical (unpaired) electrons. The van der Waals surface area contributed by atoms with Gasteiger partial charge < -0.3 is 10.1 Å². The molecular formula is C18H32N2O. The van der Waals surface area contributed by atoms with E-state index in [0.29, 0.717) is 6.10 Å². The fraction of sp³-hybridized carbons (Fsp3) is 1.00. The van der Waals surface area contributed by atoms with Crippen LogP contribution < -0.4 is 5.32 Å². The number of hydrogen-bond donors (Lipinski definition) is 1. The summed E-state index contributed by atoms with van der Waals surface area (Å²) in [6.07, 6.45) is 13.3. The van der Waals surface area contributed by atoms with E-state index in [2.05, 4.69) is 10.2 Å². The zero-order valence-corrected chi connectivity index (χ0v) is 13.4. The molecule has 21 heavy (non-hydrogen) atoms. The van der Waals surface area contributed by atoms with Gasteiger partial charge >= 0.3 is 0 Å². The van der Waals surface area contributed by atoms with Gasteiger partial charge in [0, 0.05) is 38.3 Å². The third-order valence-electron chi connectivity index (χ3n) is 6.34. The third-order valence-corrected chi connectivity index (χ3v) is 6.34.